The summed E-state index contributed by atoms with van der Waals surface area (Å²) in [6.45, 7) is 0.239. The van der Waals surface area contributed by atoms with Crippen LogP contribution in [-0.4, -0.2) is 35.2 Å². The Morgan fingerprint density at radius 2 is 2.00 bits per heavy atom. The van der Waals surface area contributed by atoms with Crippen LogP contribution in [0.15, 0.2) is 41.2 Å². The second-order valence-electron chi connectivity index (χ2n) is 6.45. The summed E-state index contributed by atoms with van der Waals surface area (Å²) in [7, 11) is 0. The van der Waals surface area contributed by atoms with E-state index in [4.69, 9.17) is 10.2 Å². The Bertz CT molecular complexity index is 1400. The molecule has 0 amide bonds. The molecule has 0 bridgehead atoms. The Balaban J connectivity index is 1.37. The van der Waals surface area contributed by atoms with Crippen LogP contribution in [0.25, 0.3) is 32.2 Å². The topological polar surface area (TPSA) is 121 Å². The first-order chi connectivity index (χ1) is 15.0. The van der Waals surface area contributed by atoms with Crippen molar-refractivity contribution in [3.8, 4) is 22.0 Å². The number of hydrogen-bond donors (Lipinski definition) is 1. The number of rotatable bonds is 5. The Morgan fingerprint density at radius 1 is 1.13 bits per heavy atom. The van der Waals surface area contributed by atoms with Crippen molar-refractivity contribution in [2.45, 2.75) is 13.0 Å². The largest absolute Gasteiger partial charge is 0.415 e. The predicted octanol–water partition coefficient (Wildman–Crippen LogP) is 3.71. The van der Waals surface area contributed by atoms with E-state index in [1.807, 2.05) is 6.07 Å². The molecule has 2 N–H and O–H groups in total. The number of nitrogens with two attached hydrogens (primary N) is 1. The number of aromatic nitrogens is 7. The summed E-state index contributed by atoms with van der Waals surface area (Å²) in [5, 5.41) is 15.6. The van der Waals surface area contributed by atoms with E-state index in [0.29, 0.717) is 17.1 Å². The number of fused-ring (bicyclic) bond motifs is 1. The SMILES string of the molecule is Nc1ncnc2sc(-c3cn(Cc4ccc(-c5nnc(C(F)F)o5)c(F)c4)nn3)cc12. The fourth-order valence-electron chi connectivity index (χ4n) is 2.94. The molecule has 0 aliphatic heterocycles. The molecule has 0 aliphatic carbocycles. The van der Waals surface area contributed by atoms with E-state index >= 15 is 0 Å². The van der Waals surface area contributed by atoms with Gasteiger partial charge >= 0.3 is 6.43 Å². The van der Waals surface area contributed by atoms with Crippen LogP contribution in [-0.2, 0) is 6.54 Å². The smallest absolute Gasteiger partial charge is 0.314 e. The van der Waals surface area contributed by atoms with E-state index in [-0.39, 0.29) is 18.0 Å². The lowest BCUT2D eigenvalue weighted by Gasteiger charge is -2.03. The number of alkyl halides is 2. The molecule has 0 aliphatic rings. The second-order valence-corrected chi connectivity index (χ2v) is 7.48. The fraction of sp³-hybridized carbons (Fsp3) is 0.111. The van der Waals surface area contributed by atoms with Crippen LogP contribution in [0, 0.1) is 5.82 Å². The zero-order chi connectivity index (χ0) is 21.5. The van der Waals surface area contributed by atoms with E-state index in [2.05, 4.69) is 30.5 Å². The van der Waals surface area contributed by atoms with Gasteiger partial charge in [-0.1, -0.05) is 11.3 Å². The summed E-state index contributed by atoms with van der Waals surface area (Å²) in [6.07, 6.45) is 0.192. The third kappa shape index (κ3) is 3.59. The van der Waals surface area contributed by atoms with Gasteiger partial charge in [-0.25, -0.2) is 19.0 Å². The summed E-state index contributed by atoms with van der Waals surface area (Å²) in [4.78, 5) is 9.72. The molecule has 0 atom stereocenters. The number of thiophene rings is 1. The first-order valence-corrected chi connectivity index (χ1v) is 9.60. The van der Waals surface area contributed by atoms with Gasteiger partial charge in [-0.15, -0.1) is 26.6 Å². The second kappa shape index (κ2) is 7.43. The summed E-state index contributed by atoms with van der Waals surface area (Å²) < 4.78 is 46.0. The standard InChI is InChI=1S/C18H11F3N8OS/c19-11-3-8(1-2-9(11)16-26-27-17(30-16)14(20)21)5-29-6-12(25-28-29)13-4-10-15(22)23-7-24-18(10)31-13/h1-4,6-7,14H,5H2,(H2,22,23,24). The van der Waals surface area contributed by atoms with E-state index in [0.717, 1.165) is 15.1 Å². The third-order valence-corrected chi connectivity index (χ3v) is 5.45. The molecule has 156 valence electrons. The molecule has 0 fully saturated rings. The van der Waals surface area contributed by atoms with Crippen LogP contribution in [0.1, 0.15) is 17.9 Å². The lowest BCUT2D eigenvalue weighted by atomic mass is 10.1. The minimum Gasteiger partial charge on any atom is -0.415 e. The van der Waals surface area contributed by atoms with Gasteiger partial charge < -0.3 is 10.2 Å². The Hall–Kier alpha value is -3.87. The van der Waals surface area contributed by atoms with Gasteiger partial charge in [0, 0.05) is 0 Å². The molecule has 5 aromatic rings. The molecular formula is C18H11F3N8OS. The fourth-order valence-corrected chi connectivity index (χ4v) is 3.89. The van der Waals surface area contributed by atoms with Crippen LogP contribution in [0.5, 0.6) is 0 Å². The first kappa shape index (κ1) is 19.1. The maximum Gasteiger partial charge on any atom is 0.314 e. The zero-order valence-electron chi connectivity index (χ0n) is 15.4. The Kier molecular flexibility index (Phi) is 4.58. The highest BCUT2D eigenvalue weighted by Gasteiger charge is 2.19. The van der Waals surface area contributed by atoms with Crippen molar-refractivity contribution in [2.75, 3.05) is 5.73 Å². The van der Waals surface area contributed by atoms with Crippen molar-refractivity contribution >= 4 is 27.4 Å². The normalized spacial score (nSPS) is 11.6. The summed E-state index contributed by atoms with van der Waals surface area (Å²) in [6, 6.07) is 6.09. The van der Waals surface area contributed by atoms with Crippen molar-refractivity contribution in [1.82, 2.24) is 35.2 Å². The van der Waals surface area contributed by atoms with Crippen LogP contribution >= 0.6 is 11.3 Å². The van der Waals surface area contributed by atoms with Crippen LogP contribution in [0.2, 0.25) is 0 Å². The molecule has 0 saturated carbocycles. The molecular weight excluding hydrogens is 433 g/mol. The highest BCUT2D eigenvalue weighted by Crippen LogP contribution is 2.33. The van der Waals surface area contributed by atoms with E-state index < -0.39 is 18.1 Å². The van der Waals surface area contributed by atoms with Crippen LogP contribution in [0.3, 0.4) is 0 Å². The van der Waals surface area contributed by atoms with Crippen molar-refractivity contribution < 1.29 is 17.6 Å². The molecule has 0 saturated heterocycles. The number of anilines is 1. The zero-order valence-corrected chi connectivity index (χ0v) is 16.2. The van der Waals surface area contributed by atoms with Crippen molar-refractivity contribution in [3.63, 3.8) is 0 Å². The van der Waals surface area contributed by atoms with Gasteiger partial charge in [0.25, 0.3) is 11.8 Å². The van der Waals surface area contributed by atoms with Crippen molar-refractivity contribution in [3.05, 3.63) is 54.1 Å². The molecule has 1 aromatic carbocycles. The van der Waals surface area contributed by atoms with Gasteiger partial charge in [0.2, 0.25) is 0 Å². The molecule has 4 heterocycles. The number of hydrogen-bond acceptors (Lipinski definition) is 9. The van der Waals surface area contributed by atoms with Gasteiger partial charge in [0.15, 0.2) is 0 Å². The van der Waals surface area contributed by atoms with Crippen molar-refractivity contribution in [2.24, 2.45) is 0 Å². The molecule has 31 heavy (non-hydrogen) atoms. The van der Waals surface area contributed by atoms with Gasteiger partial charge in [-0.2, -0.15) is 8.78 Å². The van der Waals surface area contributed by atoms with E-state index in [1.54, 1.807) is 16.9 Å². The van der Waals surface area contributed by atoms with Gasteiger partial charge in [-0.05, 0) is 23.8 Å². The number of halogens is 3. The highest BCUT2D eigenvalue weighted by molar-refractivity contribution is 7.21. The average molecular weight is 444 g/mol. The van der Waals surface area contributed by atoms with E-state index in [9.17, 15) is 13.2 Å². The molecule has 9 nitrogen and oxygen atoms in total. The number of nitrogens with zero attached hydrogens (tertiary/aromatic N) is 7. The molecule has 0 spiro atoms. The number of benzene rings is 1. The minimum atomic E-state index is -2.92. The Morgan fingerprint density at radius 3 is 2.74 bits per heavy atom. The lowest BCUT2D eigenvalue weighted by molar-refractivity contribution is 0.116. The predicted molar refractivity (Wildman–Crippen MR) is 105 cm³/mol. The summed E-state index contributed by atoms with van der Waals surface area (Å²) in [5.74, 6) is -1.46. The maximum atomic E-state index is 14.5. The lowest BCUT2D eigenvalue weighted by Crippen LogP contribution is -2.01. The highest BCUT2D eigenvalue weighted by atomic mass is 32.1. The van der Waals surface area contributed by atoms with Gasteiger partial charge in [0.1, 0.15) is 28.5 Å². The first-order valence-electron chi connectivity index (χ1n) is 8.79. The molecule has 0 unspecified atom stereocenters. The molecule has 4 aromatic heterocycles. The quantitative estimate of drug-likeness (QED) is 0.435. The summed E-state index contributed by atoms with van der Waals surface area (Å²) >= 11 is 1.41. The summed E-state index contributed by atoms with van der Waals surface area (Å²) in [5.41, 5.74) is 7.00. The van der Waals surface area contributed by atoms with E-state index in [1.165, 1.54) is 29.8 Å². The molecule has 0 radical (unpaired) electrons. The maximum absolute atomic E-state index is 14.5. The number of nitrogen functional groups attached to an aromatic ring is 1. The van der Waals surface area contributed by atoms with Gasteiger partial charge in [-0.3, -0.25) is 0 Å². The average Bonchev–Trinajstić information content (AvgIpc) is 3.47. The molecule has 13 heteroatoms. The van der Waals surface area contributed by atoms with Crippen LogP contribution < -0.4 is 5.73 Å². The van der Waals surface area contributed by atoms with Crippen LogP contribution in [0.4, 0.5) is 19.0 Å². The van der Waals surface area contributed by atoms with Gasteiger partial charge in [0.05, 0.1) is 28.6 Å². The third-order valence-electron chi connectivity index (χ3n) is 4.39. The van der Waals surface area contributed by atoms with Crippen molar-refractivity contribution in [1.29, 1.82) is 0 Å². The molecule has 5 rings (SSSR count). The minimum absolute atomic E-state index is 0.0635. The Labute approximate surface area is 175 Å². The monoisotopic (exact) mass is 444 g/mol.